The lowest BCUT2D eigenvalue weighted by atomic mass is 10.3. The number of benzene rings is 1. The number of thioether (sulfide) groups is 1. The van der Waals surface area contributed by atoms with Crippen LogP contribution < -0.4 is 15.8 Å². The number of aromatic nitrogens is 3. The van der Waals surface area contributed by atoms with Crippen LogP contribution in [0.2, 0.25) is 5.02 Å². The first-order valence-corrected chi connectivity index (χ1v) is 9.82. The second-order valence-corrected chi connectivity index (χ2v) is 7.54. The zero-order valence-electron chi connectivity index (χ0n) is 14.8. The van der Waals surface area contributed by atoms with E-state index in [4.69, 9.17) is 22.1 Å². The standard InChI is InChI=1S/C17H20ClN5O3S/c1-26-13-5-4-11(18)8-12(13)20-15(25)9-27-17-22-21-16(10-2-3-10)23(17)7-6-14(19)24/h4-5,8,10H,2-3,6-7,9H2,1H3,(H2,19,24)(H,20,25). The average Bonchev–Trinajstić information content (AvgIpc) is 3.39. The number of halogens is 1. The third kappa shape index (κ3) is 5.14. The lowest BCUT2D eigenvalue weighted by Gasteiger charge is -2.11. The van der Waals surface area contributed by atoms with E-state index in [0.717, 1.165) is 18.7 Å². The summed E-state index contributed by atoms with van der Waals surface area (Å²) in [6.07, 6.45) is 2.33. The van der Waals surface area contributed by atoms with Gasteiger partial charge in [0.1, 0.15) is 11.6 Å². The van der Waals surface area contributed by atoms with Crippen molar-refractivity contribution in [3.63, 3.8) is 0 Å². The first kappa shape index (κ1) is 19.5. The van der Waals surface area contributed by atoms with Crippen LogP contribution in [-0.4, -0.2) is 39.4 Å². The van der Waals surface area contributed by atoms with E-state index in [9.17, 15) is 9.59 Å². The second kappa shape index (κ2) is 8.62. The smallest absolute Gasteiger partial charge is 0.234 e. The van der Waals surface area contributed by atoms with Crippen molar-refractivity contribution in [2.45, 2.75) is 36.9 Å². The lowest BCUT2D eigenvalue weighted by molar-refractivity contribution is -0.118. The Kier molecular flexibility index (Phi) is 6.22. The quantitative estimate of drug-likeness (QED) is 0.615. The third-order valence-corrected chi connectivity index (χ3v) is 5.24. The maximum atomic E-state index is 12.3. The van der Waals surface area contributed by atoms with Crippen LogP contribution in [0.25, 0.3) is 0 Å². The Hall–Kier alpha value is -2.26. The van der Waals surface area contributed by atoms with Gasteiger partial charge in [0, 0.05) is 23.9 Å². The molecule has 0 radical (unpaired) electrons. The molecule has 1 aromatic carbocycles. The fourth-order valence-electron chi connectivity index (χ4n) is 2.58. The summed E-state index contributed by atoms with van der Waals surface area (Å²) in [5, 5.41) is 12.3. The SMILES string of the molecule is COc1ccc(Cl)cc1NC(=O)CSc1nnc(C2CC2)n1CCC(N)=O. The largest absolute Gasteiger partial charge is 0.495 e. The van der Waals surface area contributed by atoms with Gasteiger partial charge in [-0.1, -0.05) is 23.4 Å². The fraction of sp³-hybridized carbons (Fsp3) is 0.412. The number of amides is 2. The number of hydrogen-bond acceptors (Lipinski definition) is 6. The minimum atomic E-state index is -0.382. The molecular weight excluding hydrogens is 390 g/mol. The summed E-state index contributed by atoms with van der Waals surface area (Å²) < 4.78 is 7.11. The molecule has 1 fully saturated rings. The molecule has 0 bridgehead atoms. The van der Waals surface area contributed by atoms with E-state index in [1.165, 1.54) is 18.9 Å². The average molecular weight is 410 g/mol. The zero-order valence-corrected chi connectivity index (χ0v) is 16.3. The van der Waals surface area contributed by atoms with Gasteiger partial charge in [0.2, 0.25) is 11.8 Å². The monoisotopic (exact) mass is 409 g/mol. The second-order valence-electron chi connectivity index (χ2n) is 6.16. The molecule has 3 N–H and O–H groups in total. The van der Waals surface area contributed by atoms with Crippen molar-refractivity contribution in [1.29, 1.82) is 0 Å². The van der Waals surface area contributed by atoms with Crippen molar-refractivity contribution < 1.29 is 14.3 Å². The predicted octanol–water partition coefficient (Wildman–Crippen LogP) is 2.42. The number of rotatable bonds is 9. The maximum Gasteiger partial charge on any atom is 0.234 e. The molecule has 1 aliphatic carbocycles. The van der Waals surface area contributed by atoms with Crippen molar-refractivity contribution in [3.05, 3.63) is 29.0 Å². The number of nitrogens with one attached hydrogen (secondary N) is 1. The highest BCUT2D eigenvalue weighted by molar-refractivity contribution is 7.99. The number of primary amides is 1. The van der Waals surface area contributed by atoms with Crippen LogP contribution in [0.5, 0.6) is 5.75 Å². The molecule has 1 aliphatic rings. The van der Waals surface area contributed by atoms with Gasteiger partial charge in [-0.15, -0.1) is 10.2 Å². The molecule has 0 aliphatic heterocycles. The number of ether oxygens (including phenoxy) is 1. The highest BCUT2D eigenvalue weighted by Crippen LogP contribution is 2.40. The zero-order chi connectivity index (χ0) is 19.4. The molecule has 1 heterocycles. The van der Waals surface area contributed by atoms with Gasteiger partial charge in [0.05, 0.1) is 18.6 Å². The number of carbonyl (C=O) groups is 2. The molecule has 10 heteroatoms. The fourth-order valence-corrected chi connectivity index (χ4v) is 3.52. The van der Waals surface area contributed by atoms with E-state index in [1.54, 1.807) is 18.2 Å². The van der Waals surface area contributed by atoms with Crippen molar-refractivity contribution in [3.8, 4) is 5.75 Å². The molecule has 0 atom stereocenters. The highest BCUT2D eigenvalue weighted by Gasteiger charge is 2.30. The van der Waals surface area contributed by atoms with Crippen LogP contribution in [0, 0.1) is 0 Å². The van der Waals surface area contributed by atoms with Crippen LogP contribution in [0.3, 0.4) is 0 Å². The van der Waals surface area contributed by atoms with Gasteiger partial charge in [-0.3, -0.25) is 9.59 Å². The number of carbonyl (C=O) groups excluding carboxylic acids is 2. The molecule has 27 heavy (non-hydrogen) atoms. The molecule has 8 nitrogen and oxygen atoms in total. The highest BCUT2D eigenvalue weighted by atomic mass is 35.5. The molecule has 1 saturated carbocycles. The lowest BCUT2D eigenvalue weighted by Crippen LogP contribution is -2.17. The maximum absolute atomic E-state index is 12.3. The van der Waals surface area contributed by atoms with Gasteiger partial charge in [0.25, 0.3) is 0 Å². The van der Waals surface area contributed by atoms with Gasteiger partial charge in [-0.05, 0) is 31.0 Å². The first-order valence-electron chi connectivity index (χ1n) is 8.45. The summed E-state index contributed by atoms with van der Waals surface area (Å²) >= 11 is 7.24. The normalized spacial score (nSPS) is 13.4. The molecule has 3 rings (SSSR count). The molecule has 0 spiro atoms. The Labute approximate surface area is 165 Å². The summed E-state index contributed by atoms with van der Waals surface area (Å²) in [4.78, 5) is 23.5. The van der Waals surface area contributed by atoms with E-state index in [1.807, 2.05) is 4.57 Å². The van der Waals surface area contributed by atoms with Crippen molar-refractivity contribution in [1.82, 2.24) is 14.8 Å². The molecule has 2 amide bonds. The molecular formula is C17H20ClN5O3S. The van der Waals surface area contributed by atoms with Crippen molar-refractivity contribution in [2.24, 2.45) is 5.73 Å². The Morgan fingerprint density at radius 2 is 2.19 bits per heavy atom. The van der Waals surface area contributed by atoms with Crippen molar-refractivity contribution >= 4 is 40.9 Å². The van der Waals surface area contributed by atoms with Crippen LogP contribution >= 0.6 is 23.4 Å². The Bertz CT molecular complexity index is 853. The summed E-state index contributed by atoms with van der Waals surface area (Å²) in [6, 6.07) is 5.00. The number of nitrogens with zero attached hydrogens (tertiary/aromatic N) is 3. The molecule has 2 aromatic rings. The Morgan fingerprint density at radius 3 is 2.85 bits per heavy atom. The topological polar surface area (TPSA) is 112 Å². The predicted molar refractivity (Wildman–Crippen MR) is 103 cm³/mol. The van der Waals surface area contributed by atoms with E-state index >= 15 is 0 Å². The van der Waals surface area contributed by atoms with E-state index in [0.29, 0.717) is 34.1 Å². The number of methoxy groups -OCH3 is 1. The number of nitrogens with two attached hydrogens (primary N) is 1. The van der Waals surface area contributed by atoms with Crippen LogP contribution in [0.15, 0.2) is 23.4 Å². The Morgan fingerprint density at radius 1 is 1.41 bits per heavy atom. The Balaban J connectivity index is 1.65. The van der Waals surface area contributed by atoms with Gasteiger partial charge < -0.3 is 20.4 Å². The van der Waals surface area contributed by atoms with Crippen LogP contribution in [0.1, 0.15) is 31.0 Å². The third-order valence-electron chi connectivity index (χ3n) is 4.04. The van der Waals surface area contributed by atoms with Gasteiger partial charge in [-0.25, -0.2) is 0 Å². The van der Waals surface area contributed by atoms with Crippen LogP contribution in [0.4, 0.5) is 5.69 Å². The van der Waals surface area contributed by atoms with Gasteiger partial charge in [-0.2, -0.15) is 0 Å². The van der Waals surface area contributed by atoms with E-state index in [-0.39, 0.29) is 24.0 Å². The van der Waals surface area contributed by atoms with E-state index < -0.39 is 0 Å². The molecule has 144 valence electrons. The summed E-state index contributed by atoms with van der Waals surface area (Å²) in [5.41, 5.74) is 5.77. The number of anilines is 1. The molecule has 0 unspecified atom stereocenters. The van der Waals surface area contributed by atoms with E-state index in [2.05, 4.69) is 15.5 Å². The minimum absolute atomic E-state index is 0.134. The molecule has 1 aromatic heterocycles. The number of hydrogen-bond donors (Lipinski definition) is 2. The minimum Gasteiger partial charge on any atom is -0.495 e. The van der Waals surface area contributed by atoms with Crippen LogP contribution in [-0.2, 0) is 16.1 Å². The van der Waals surface area contributed by atoms with Gasteiger partial charge >= 0.3 is 0 Å². The summed E-state index contributed by atoms with van der Waals surface area (Å²) in [5.74, 6) is 1.29. The van der Waals surface area contributed by atoms with Crippen molar-refractivity contribution in [2.75, 3.05) is 18.2 Å². The summed E-state index contributed by atoms with van der Waals surface area (Å²) in [7, 11) is 1.52. The first-order chi connectivity index (χ1) is 13.0. The van der Waals surface area contributed by atoms with Gasteiger partial charge in [0.15, 0.2) is 5.16 Å². The summed E-state index contributed by atoms with van der Waals surface area (Å²) in [6.45, 7) is 0.417. The molecule has 0 saturated heterocycles.